The van der Waals surface area contributed by atoms with Crippen LogP contribution in [0.2, 0.25) is 0 Å². The summed E-state index contributed by atoms with van der Waals surface area (Å²) >= 11 is 0. The SMILES string of the molecule is CCCCC(=O)Nc1cc(C)nn1C1=NC(=O)C2C=NN(C)C2=N1. The zero-order valence-corrected chi connectivity index (χ0v) is 13.9. The van der Waals surface area contributed by atoms with E-state index in [-0.39, 0.29) is 17.8 Å². The van der Waals surface area contributed by atoms with Crippen molar-refractivity contribution in [2.24, 2.45) is 21.0 Å². The van der Waals surface area contributed by atoms with E-state index >= 15 is 0 Å². The van der Waals surface area contributed by atoms with Gasteiger partial charge >= 0.3 is 0 Å². The first-order chi connectivity index (χ1) is 11.5. The van der Waals surface area contributed by atoms with E-state index in [1.54, 1.807) is 20.0 Å². The molecule has 9 heteroatoms. The lowest BCUT2D eigenvalue weighted by atomic mass is 10.1. The highest BCUT2D eigenvalue weighted by Crippen LogP contribution is 2.19. The van der Waals surface area contributed by atoms with Gasteiger partial charge in [-0.1, -0.05) is 13.3 Å². The second-order valence-electron chi connectivity index (χ2n) is 5.72. The number of hydrazone groups is 1. The van der Waals surface area contributed by atoms with Crippen molar-refractivity contribution in [3.8, 4) is 0 Å². The van der Waals surface area contributed by atoms with Crippen LogP contribution in [0.3, 0.4) is 0 Å². The molecule has 2 amide bonds. The van der Waals surface area contributed by atoms with Crippen molar-refractivity contribution in [3.63, 3.8) is 0 Å². The van der Waals surface area contributed by atoms with Crippen LogP contribution in [0.4, 0.5) is 5.82 Å². The molecule has 9 nitrogen and oxygen atoms in total. The number of unbranched alkanes of at least 4 members (excludes halogenated alkanes) is 1. The molecule has 1 atom stereocenters. The van der Waals surface area contributed by atoms with Gasteiger partial charge in [-0.3, -0.25) is 14.6 Å². The Balaban J connectivity index is 1.89. The highest BCUT2D eigenvalue weighted by molar-refractivity contribution is 6.24. The number of amidine groups is 1. The van der Waals surface area contributed by atoms with E-state index in [0.29, 0.717) is 23.8 Å². The monoisotopic (exact) mass is 329 g/mol. The maximum Gasteiger partial charge on any atom is 0.265 e. The van der Waals surface area contributed by atoms with Gasteiger partial charge in [0.05, 0.1) is 5.69 Å². The Bertz CT molecular complexity index is 775. The van der Waals surface area contributed by atoms with Crippen molar-refractivity contribution in [2.45, 2.75) is 33.1 Å². The minimum Gasteiger partial charge on any atom is -0.310 e. The Labute approximate surface area is 139 Å². The molecule has 24 heavy (non-hydrogen) atoms. The molecule has 0 bridgehead atoms. The molecule has 0 saturated heterocycles. The van der Waals surface area contributed by atoms with Gasteiger partial charge < -0.3 is 5.32 Å². The Kier molecular flexibility index (Phi) is 4.24. The molecule has 126 valence electrons. The summed E-state index contributed by atoms with van der Waals surface area (Å²) in [6.07, 6.45) is 3.70. The zero-order chi connectivity index (χ0) is 17.3. The van der Waals surface area contributed by atoms with Crippen LogP contribution < -0.4 is 5.32 Å². The van der Waals surface area contributed by atoms with Gasteiger partial charge in [-0.05, 0) is 13.3 Å². The Hall–Kier alpha value is -2.84. The molecule has 1 aromatic rings. The van der Waals surface area contributed by atoms with E-state index in [1.165, 1.54) is 15.9 Å². The summed E-state index contributed by atoms with van der Waals surface area (Å²) < 4.78 is 1.38. The second kappa shape index (κ2) is 6.34. The van der Waals surface area contributed by atoms with Crippen molar-refractivity contribution in [1.29, 1.82) is 0 Å². The lowest BCUT2D eigenvalue weighted by Gasteiger charge is -2.17. The number of fused-ring (bicyclic) bond motifs is 1. The van der Waals surface area contributed by atoms with E-state index in [2.05, 4.69) is 25.5 Å². The summed E-state index contributed by atoms with van der Waals surface area (Å²) in [6.45, 7) is 3.82. The van der Waals surface area contributed by atoms with Crippen LogP contribution in [-0.4, -0.2) is 51.7 Å². The summed E-state index contributed by atoms with van der Waals surface area (Å²) in [6, 6.07) is 1.72. The number of aryl methyl sites for hydroxylation is 1. The van der Waals surface area contributed by atoms with Gasteiger partial charge in [0.25, 0.3) is 11.9 Å². The summed E-state index contributed by atoms with van der Waals surface area (Å²) in [5.74, 6) is 0.0820. The summed E-state index contributed by atoms with van der Waals surface area (Å²) in [5.41, 5.74) is 0.689. The normalized spacial score (nSPS) is 19.2. The first-order valence-electron chi connectivity index (χ1n) is 7.85. The lowest BCUT2D eigenvalue weighted by Crippen LogP contribution is -2.35. The third-order valence-electron chi connectivity index (χ3n) is 3.74. The van der Waals surface area contributed by atoms with Crippen molar-refractivity contribution >= 4 is 35.6 Å². The van der Waals surface area contributed by atoms with Crippen LogP contribution >= 0.6 is 0 Å². The van der Waals surface area contributed by atoms with E-state index in [4.69, 9.17) is 0 Å². The number of aliphatic imine (C=N–C) groups is 2. The molecule has 3 rings (SSSR count). The maximum absolute atomic E-state index is 12.2. The average molecular weight is 329 g/mol. The number of aromatic nitrogens is 2. The van der Waals surface area contributed by atoms with E-state index < -0.39 is 5.92 Å². The molecule has 0 aliphatic carbocycles. The van der Waals surface area contributed by atoms with Gasteiger partial charge in [-0.2, -0.15) is 24.9 Å². The van der Waals surface area contributed by atoms with Crippen molar-refractivity contribution in [1.82, 2.24) is 14.8 Å². The first-order valence-corrected chi connectivity index (χ1v) is 7.85. The second-order valence-corrected chi connectivity index (χ2v) is 5.72. The Morgan fingerprint density at radius 2 is 2.17 bits per heavy atom. The largest absolute Gasteiger partial charge is 0.310 e. The fraction of sp³-hybridized carbons (Fsp3) is 0.467. The molecule has 0 radical (unpaired) electrons. The summed E-state index contributed by atoms with van der Waals surface area (Å²) in [4.78, 5) is 32.5. The molecular weight excluding hydrogens is 310 g/mol. The molecule has 0 aromatic carbocycles. The number of hydrogen-bond acceptors (Lipinski definition) is 6. The highest BCUT2D eigenvalue weighted by atomic mass is 16.2. The zero-order valence-electron chi connectivity index (χ0n) is 13.9. The predicted octanol–water partition coefficient (Wildman–Crippen LogP) is 1.01. The summed E-state index contributed by atoms with van der Waals surface area (Å²) in [5, 5.41) is 12.7. The van der Waals surface area contributed by atoms with Gasteiger partial charge in [0, 0.05) is 25.7 Å². The molecule has 2 aliphatic rings. The summed E-state index contributed by atoms with van der Waals surface area (Å²) in [7, 11) is 1.72. The van der Waals surface area contributed by atoms with Crippen molar-refractivity contribution < 1.29 is 9.59 Å². The van der Waals surface area contributed by atoms with Gasteiger partial charge in [-0.25, -0.2) is 0 Å². The number of carbonyl (C=O) groups excluding carboxylic acids is 2. The van der Waals surface area contributed by atoms with E-state index in [1.807, 2.05) is 6.92 Å². The fourth-order valence-electron chi connectivity index (χ4n) is 2.48. The molecular formula is C15H19N7O2. The van der Waals surface area contributed by atoms with Crippen LogP contribution in [0.5, 0.6) is 0 Å². The lowest BCUT2D eigenvalue weighted by molar-refractivity contribution is -0.118. The average Bonchev–Trinajstić information content (AvgIpc) is 3.09. The Morgan fingerprint density at radius 3 is 2.92 bits per heavy atom. The van der Waals surface area contributed by atoms with Crippen LogP contribution in [-0.2, 0) is 9.59 Å². The molecule has 0 fully saturated rings. The van der Waals surface area contributed by atoms with Crippen LogP contribution in [0.15, 0.2) is 21.2 Å². The van der Waals surface area contributed by atoms with Gasteiger partial charge in [0.1, 0.15) is 17.6 Å². The highest BCUT2D eigenvalue weighted by Gasteiger charge is 2.35. The number of rotatable bonds is 4. The molecule has 2 aliphatic heterocycles. The van der Waals surface area contributed by atoms with Crippen LogP contribution in [0.1, 0.15) is 31.9 Å². The molecule has 0 spiro atoms. The number of amides is 2. The number of hydrogen-bond donors (Lipinski definition) is 1. The minimum atomic E-state index is -0.544. The minimum absolute atomic E-state index is 0.104. The van der Waals surface area contributed by atoms with Crippen LogP contribution in [0, 0.1) is 12.8 Å². The molecule has 3 heterocycles. The molecule has 1 aromatic heterocycles. The van der Waals surface area contributed by atoms with Crippen molar-refractivity contribution in [2.75, 3.05) is 12.4 Å². The Morgan fingerprint density at radius 1 is 1.38 bits per heavy atom. The maximum atomic E-state index is 12.2. The van der Waals surface area contributed by atoms with E-state index in [0.717, 1.165) is 12.8 Å². The number of carbonyl (C=O) groups is 2. The van der Waals surface area contributed by atoms with Gasteiger partial charge in [0.15, 0.2) is 0 Å². The number of anilines is 1. The number of nitrogens with zero attached hydrogens (tertiary/aromatic N) is 6. The van der Waals surface area contributed by atoms with Crippen LogP contribution in [0.25, 0.3) is 0 Å². The molecule has 0 saturated carbocycles. The standard InChI is InChI=1S/C15H19N7O2/c1-4-5-6-12(23)17-11-7-9(2)20-22(11)15-18-13-10(14(24)19-15)8-16-21(13)3/h7-8,10H,4-6H2,1-3H3,(H,17,23). The predicted molar refractivity (Wildman–Crippen MR) is 90.1 cm³/mol. The molecule has 1 unspecified atom stereocenters. The third kappa shape index (κ3) is 2.97. The smallest absolute Gasteiger partial charge is 0.265 e. The quantitative estimate of drug-likeness (QED) is 0.890. The first kappa shape index (κ1) is 16.0. The van der Waals surface area contributed by atoms with E-state index in [9.17, 15) is 9.59 Å². The van der Waals surface area contributed by atoms with Crippen molar-refractivity contribution in [3.05, 3.63) is 11.8 Å². The van der Waals surface area contributed by atoms with Gasteiger partial charge in [0.2, 0.25) is 5.91 Å². The topological polar surface area (TPSA) is 104 Å². The number of nitrogens with one attached hydrogen (secondary N) is 1. The molecule has 1 N–H and O–H groups in total. The third-order valence-corrected chi connectivity index (χ3v) is 3.74. The fourth-order valence-corrected chi connectivity index (χ4v) is 2.48. The van der Waals surface area contributed by atoms with Gasteiger partial charge in [-0.15, -0.1) is 0 Å².